The van der Waals surface area contributed by atoms with E-state index in [0.717, 1.165) is 38.2 Å². The first-order chi connectivity index (χ1) is 19.1. The molecule has 1 amide bonds. The second kappa shape index (κ2) is 14.8. The summed E-state index contributed by atoms with van der Waals surface area (Å²) in [4.78, 5) is 36.5. The largest absolute Gasteiger partial charge is 0.497 e. The zero-order chi connectivity index (χ0) is 27.5. The van der Waals surface area contributed by atoms with E-state index in [2.05, 4.69) is 11.8 Å². The number of nitrogens with zero attached hydrogens (tertiary/aromatic N) is 4. The van der Waals surface area contributed by atoms with E-state index >= 15 is 0 Å². The number of fused-ring (bicyclic) bond motifs is 1. The smallest absolute Gasteiger partial charge is 0.266 e. The van der Waals surface area contributed by atoms with Gasteiger partial charge in [-0.2, -0.15) is 0 Å². The Kier molecular flexibility index (Phi) is 11.0. The Labute approximate surface area is 232 Å². The number of amides is 1. The van der Waals surface area contributed by atoms with E-state index in [-0.39, 0.29) is 11.5 Å². The third-order valence-corrected chi connectivity index (χ3v) is 7.74. The Balaban J connectivity index is 1.58. The normalized spacial score (nSPS) is 13.7. The number of benzene rings is 2. The molecule has 1 aliphatic rings. The Morgan fingerprint density at radius 3 is 2.36 bits per heavy atom. The van der Waals surface area contributed by atoms with Gasteiger partial charge in [-0.05, 0) is 68.8 Å². The van der Waals surface area contributed by atoms with Gasteiger partial charge in [0, 0.05) is 19.5 Å². The first kappa shape index (κ1) is 28.8. The third kappa shape index (κ3) is 7.91. The van der Waals surface area contributed by atoms with Crippen LogP contribution < -0.4 is 10.3 Å². The Hall–Kier alpha value is -3.19. The molecule has 0 bridgehead atoms. The molecule has 0 atom stereocenters. The molecule has 1 aliphatic heterocycles. The van der Waals surface area contributed by atoms with Gasteiger partial charge in [-0.3, -0.25) is 14.2 Å². The fourth-order valence-corrected chi connectivity index (χ4v) is 5.40. The number of likely N-dealkylation sites (tertiary alicyclic amines) is 1. The number of para-hydroxylation sites is 1. The molecule has 0 N–H and O–H groups in total. The second-order valence-electron chi connectivity index (χ2n) is 10.6. The Morgan fingerprint density at radius 2 is 1.64 bits per heavy atom. The highest BCUT2D eigenvalue weighted by atomic mass is 16.5. The van der Waals surface area contributed by atoms with Gasteiger partial charge in [-0.15, -0.1) is 0 Å². The van der Waals surface area contributed by atoms with Gasteiger partial charge in [0.15, 0.2) is 0 Å². The first-order valence-electron chi connectivity index (χ1n) is 14.8. The summed E-state index contributed by atoms with van der Waals surface area (Å²) in [6.45, 7) is 6.20. The summed E-state index contributed by atoms with van der Waals surface area (Å²) in [6, 6.07) is 14.9. The highest BCUT2D eigenvalue weighted by molar-refractivity contribution is 5.78. The summed E-state index contributed by atoms with van der Waals surface area (Å²) in [5.41, 5.74) is 1.24. The SMILES string of the molecule is CCCCCCCCCC(=O)N(CCN1CCCC1)Cc1nc2ccccc2c(=O)n1-c1ccc(OC)cc1. The third-order valence-electron chi connectivity index (χ3n) is 7.74. The van der Waals surface area contributed by atoms with Crippen molar-refractivity contribution in [3.8, 4) is 11.4 Å². The van der Waals surface area contributed by atoms with Crippen LogP contribution in [0.4, 0.5) is 0 Å². The van der Waals surface area contributed by atoms with E-state index in [1.165, 1.54) is 44.9 Å². The van der Waals surface area contributed by atoms with Crippen LogP contribution in [0.25, 0.3) is 16.6 Å². The summed E-state index contributed by atoms with van der Waals surface area (Å²) in [7, 11) is 1.62. The molecule has 39 heavy (non-hydrogen) atoms. The molecule has 0 unspecified atom stereocenters. The van der Waals surface area contributed by atoms with Crippen LogP contribution >= 0.6 is 0 Å². The number of unbranched alkanes of at least 4 members (excludes halogenated alkanes) is 6. The second-order valence-corrected chi connectivity index (χ2v) is 10.6. The number of hydrogen-bond acceptors (Lipinski definition) is 5. The van der Waals surface area contributed by atoms with Crippen molar-refractivity contribution in [3.63, 3.8) is 0 Å². The van der Waals surface area contributed by atoms with Crippen LogP contribution in [-0.4, -0.2) is 58.5 Å². The zero-order valence-corrected chi connectivity index (χ0v) is 23.7. The highest BCUT2D eigenvalue weighted by Crippen LogP contribution is 2.19. The molecule has 4 rings (SSSR count). The quantitative estimate of drug-likeness (QED) is 0.226. The maximum atomic E-state index is 13.7. The molecule has 0 radical (unpaired) electrons. The molecule has 1 saturated heterocycles. The molecule has 1 aromatic heterocycles. The van der Waals surface area contributed by atoms with Crippen molar-refractivity contribution in [1.82, 2.24) is 19.4 Å². The number of aromatic nitrogens is 2. The van der Waals surface area contributed by atoms with E-state index in [0.29, 0.717) is 41.9 Å². The standard InChI is InChI=1S/C32H44N4O3/c1-3-4-5-6-7-8-9-16-31(37)35(24-23-34-21-12-13-22-34)25-30-33-29-15-11-10-14-28(29)32(38)36(30)26-17-19-27(39-2)20-18-26/h10-11,14-15,17-20H,3-9,12-13,16,21-25H2,1-2H3. The predicted octanol–water partition coefficient (Wildman–Crippen LogP) is 5.96. The van der Waals surface area contributed by atoms with Crippen molar-refractivity contribution in [2.75, 3.05) is 33.3 Å². The molecule has 0 spiro atoms. The molecule has 2 heterocycles. The van der Waals surface area contributed by atoms with E-state index in [9.17, 15) is 9.59 Å². The minimum Gasteiger partial charge on any atom is -0.497 e. The van der Waals surface area contributed by atoms with Crippen molar-refractivity contribution in [2.24, 2.45) is 0 Å². The van der Waals surface area contributed by atoms with Crippen molar-refractivity contribution in [1.29, 1.82) is 0 Å². The number of carbonyl (C=O) groups is 1. The van der Waals surface area contributed by atoms with E-state index in [1.54, 1.807) is 11.7 Å². The maximum absolute atomic E-state index is 13.7. The molecule has 3 aromatic rings. The fourth-order valence-electron chi connectivity index (χ4n) is 5.40. The van der Waals surface area contributed by atoms with Gasteiger partial charge >= 0.3 is 0 Å². The van der Waals surface area contributed by atoms with Crippen LogP contribution in [0.5, 0.6) is 5.75 Å². The lowest BCUT2D eigenvalue weighted by atomic mass is 10.1. The van der Waals surface area contributed by atoms with Gasteiger partial charge in [0.05, 0.1) is 30.2 Å². The molecule has 210 valence electrons. The van der Waals surface area contributed by atoms with Crippen molar-refractivity contribution < 1.29 is 9.53 Å². The zero-order valence-electron chi connectivity index (χ0n) is 23.7. The van der Waals surface area contributed by atoms with Crippen LogP contribution in [0, 0.1) is 0 Å². The number of methoxy groups -OCH3 is 1. The lowest BCUT2D eigenvalue weighted by molar-refractivity contribution is -0.132. The summed E-state index contributed by atoms with van der Waals surface area (Å²) in [5.74, 6) is 1.45. The topological polar surface area (TPSA) is 67.7 Å². The summed E-state index contributed by atoms with van der Waals surface area (Å²) >= 11 is 0. The summed E-state index contributed by atoms with van der Waals surface area (Å²) < 4.78 is 6.98. The van der Waals surface area contributed by atoms with Gasteiger partial charge < -0.3 is 14.5 Å². The van der Waals surface area contributed by atoms with E-state index in [4.69, 9.17) is 9.72 Å². The van der Waals surface area contributed by atoms with Gasteiger partial charge in [0.2, 0.25) is 5.91 Å². The molecule has 7 nitrogen and oxygen atoms in total. The maximum Gasteiger partial charge on any atom is 0.266 e. The Morgan fingerprint density at radius 1 is 0.949 bits per heavy atom. The van der Waals surface area contributed by atoms with Crippen molar-refractivity contribution in [2.45, 2.75) is 77.7 Å². The van der Waals surface area contributed by atoms with Crippen molar-refractivity contribution >= 4 is 16.8 Å². The fraction of sp³-hybridized carbons (Fsp3) is 0.531. The van der Waals surface area contributed by atoms with E-state index < -0.39 is 0 Å². The minimum absolute atomic E-state index is 0.125. The van der Waals surface area contributed by atoms with Gasteiger partial charge in [-0.25, -0.2) is 4.98 Å². The van der Waals surface area contributed by atoms with Crippen molar-refractivity contribution in [3.05, 3.63) is 64.7 Å². The average molecular weight is 533 g/mol. The van der Waals surface area contributed by atoms with Crippen LogP contribution in [0.2, 0.25) is 0 Å². The van der Waals surface area contributed by atoms with E-state index in [1.807, 2.05) is 53.4 Å². The molecular weight excluding hydrogens is 488 g/mol. The molecule has 7 heteroatoms. The molecular formula is C32H44N4O3. The Bertz CT molecular complexity index is 1250. The lowest BCUT2D eigenvalue weighted by Gasteiger charge is -2.26. The number of hydrogen-bond donors (Lipinski definition) is 0. The van der Waals surface area contributed by atoms with Crippen LogP contribution in [0.3, 0.4) is 0 Å². The van der Waals surface area contributed by atoms with Crippen LogP contribution in [-0.2, 0) is 11.3 Å². The average Bonchev–Trinajstić information content (AvgIpc) is 3.49. The van der Waals surface area contributed by atoms with Crippen LogP contribution in [0.15, 0.2) is 53.3 Å². The summed E-state index contributed by atoms with van der Waals surface area (Å²) in [5, 5.41) is 0.565. The van der Waals surface area contributed by atoms with Gasteiger partial charge in [0.1, 0.15) is 11.6 Å². The number of ether oxygens (including phenoxy) is 1. The molecule has 2 aromatic carbocycles. The monoisotopic (exact) mass is 532 g/mol. The molecule has 0 saturated carbocycles. The van der Waals surface area contributed by atoms with Gasteiger partial charge in [-0.1, -0.05) is 57.6 Å². The van der Waals surface area contributed by atoms with Gasteiger partial charge in [0.25, 0.3) is 5.56 Å². The summed E-state index contributed by atoms with van der Waals surface area (Å²) in [6.07, 6.45) is 11.2. The minimum atomic E-state index is -0.125. The molecule has 1 fully saturated rings. The lowest BCUT2D eigenvalue weighted by Crippen LogP contribution is -2.39. The van der Waals surface area contributed by atoms with Crippen LogP contribution in [0.1, 0.15) is 77.0 Å². The number of carbonyl (C=O) groups excluding carboxylic acids is 1. The highest BCUT2D eigenvalue weighted by Gasteiger charge is 2.21. The molecule has 0 aliphatic carbocycles. The predicted molar refractivity (Wildman–Crippen MR) is 158 cm³/mol. The first-order valence-corrected chi connectivity index (χ1v) is 14.8. The number of rotatable bonds is 15.